The van der Waals surface area contributed by atoms with E-state index in [0.29, 0.717) is 18.8 Å². The van der Waals surface area contributed by atoms with Crippen molar-refractivity contribution in [1.82, 2.24) is 19.7 Å². The van der Waals surface area contributed by atoms with Gasteiger partial charge in [0.15, 0.2) is 11.9 Å². The van der Waals surface area contributed by atoms with E-state index in [4.69, 9.17) is 9.47 Å². The fourth-order valence-electron chi connectivity index (χ4n) is 3.98. The van der Waals surface area contributed by atoms with Crippen molar-refractivity contribution in [1.29, 1.82) is 0 Å². The molecule has 4 rings (SSSR count). The first-order valence-electron chi connectivity index (χ1n) is 8.91. The second kappa shape index (κ2) is 6.38. The third-order valence-electron chi connectivity index (χ3n) is 5.10. The highest BCUT2D eigenvalue weighted by Crippen LogP contribution is 2.29. The van der Waals surface area contributed by atoms with Crippen LogP contribution in [0.2, 0.25) is 0 Å². The number of piperidine rings is 1. The Kier molecular flexibility index (Phi) is 4.21. The van der Waals surface area contributed by atoms with Gasteiger partial charge >= 0.3 is 0 Å². The van der Waals surface area contributed by atoms with E-state index in [-0.39, 0.29) is 18.2 Å². The van der Waals surface area contributed by atoms with Crippen LogP contribution in [0.15, 0.2) is 6.07 Å². The van der Waals surface area contributed by atoms with Gasteiger partial charge in [0, 0.05) is 19.3 Å². The van der Waals surface area contributed by atoms with Crippen LogP contribution in [-0.4, -0.2) is 57.7 Å². The molecule has 0 radical (unpaired) electrons. The molecule has 2 saturated heterocycles. The quantitative estimate of drug-likeness (QED) is 0.833. The van der Waals surface area contributed by atoms with Gasteiger partial charge in [-0.3, -0.25) is 9.48 Å². The minimum absolute atomic E-state index is 0.0235. The van der Waals surface area contributed by atoms with Crippen molar-refractivity contribution in [2.45, 2.75) is 45.4 Å². The fourth-order valence-corrected chi connectivity index (χ4v) is 3.98. The van der Waals surface area contributed by atoms with E-state index in [1.54, 1.807) is 4.68 Å². The average molecular weight is 344 g/mol. The predicted molar refractivity (Wildman–Crippen MR) is 92.4 cm³/mol. The van der Waals surface area contributed by atoms with Gasteiger partial charge in [-0.15, -0.1) is 0 Å². The van der Waals surface area contributed by atoms with Crippen LogP contribution in [0.3, 0.4) is 0 Å². The Hall–Kier alpha value is -1.99. The maximum atomic E-state index is 13.4. The maximum absolute atomic E-state index is 13.4. The molecule has 0 unspecified atom stereocenters. The van der Waals surface area contributed by atoms with Crippen LogP contribution in [0, 0.1) is 13.8 Å². The number of nitrogens with zero attached hydrogens (tertiary/aromatic N) is 4. The van der Waals surface area contributed by atoms with Crippen molar-refractivity contribution in [3.05, 3.63) is 23.0 Å². The lowest BCUT2D eigenvalue weighted by molar-refractivity contribution is -0.100. The first-order valence-corrected chi connectivity index (χ1v) is 8.91. The molecule has 0 N–H and O–H groups in total. The van der Waals surface area contributed by atoms with Crippen LogP contribution >= 0.6 is 0 Å². The third kappa shape index (κ3) is 2.81. The summed E-state index contributed by atoms with van der Waals surface area (Å²) in [7, 11) is 1.86. The number of carbonyl (C=O) groups excluding carboxylic acids is 1. The van der Waals surface area contributed by atoms with Crippen LogP contribution in [-0.2, 0) is 16.5 Å². The number of hydrogen-bond acceptors (Lipinski definition) is 5. The molecule has 0 spiro atoms. The Labute approximate surface area is 146 Å². The lowest BCUT2D eigenvalue weighted by atomic mass is 9.99. The Morgan fingerprint density at radius 2 is 2.00 bits per heavy atom. The van der Waals surface area contributed by atoms with E-state index in [0.717, 1.165) is 48.2 Å². The molecular weight excluding hydrogens is 320 g/mol. The number of likely N-dealkylation sites (tertiary alicyclic amines) is 1. The maximum Gasteiger partial charge on any atom is 0.255 e. The van der Waals surface area contributed by atoms with E-state index in [1.165, 1.54) is 0 Å². The largest absolute Gasteiger partial charge is 0.348 e. The number of ether oxygens (including phenoxy) is 2. The van der Waals surface area contributed by atoms with Crippen LogP contribution in [0.4, 0.5) is 0 Å². The first-order chi connectivity index (χ1) is 12.1. The fraction of sp³-hybridized carbons (Fsp3) is 0.611. The second-order valence-electron chi connectivity index (χ2n) is 6.89. The van der Waals surface area contributed by atoms with Gasteiger partial charge in [-0.2, -0.15) is 5.10 Å². The summed E-state index contributed by atoms with van der Waals surface area (Å²) in [5, 5.41) is 5.29. The minimum atomic E-state index is -0.308. The van der Waals surface area contributed by atoms with Crippen LogP contribution in [0.5, 0.6) is 0 Å². The van der Waals surface area contributed by atoms with Gasteiger partial charge in [0.25, 0.3) is 5.91 Å². The summed E-state index contributed by atoms with van der Waals surface area (Å²) >= 11 is 0. The summed E-state index contributed by atoms with van der Waals surface area (Å²) in [4.78, 5) is 19.9. The molecule has 0 saturated carbocycles. The predicted octanol–water partition coefficient (Wildman–Crippen LogP) is 1.95. The Balaban J connectivity index is 1.75. The molecule has 1 amide bonds. The van der Waals surface area contributed by atoms with E-state index in [1.807, 2.05) is 31.9 Å². The van der Waals surface area contributed by atoms with Crippen LogP contribution in [0.25, 0.3) is 11.0 Å². The topological polar surface area (TPSA) is 69.5 Å². The molecule has 2 fully saturated rings. The summed E-state index contributed by atoms with van der Waals surface area (Å²) in [6.45, 7) is 5.77. The van der Waals surface area contributed by atoms with Crippen molar-refractivity contribution in [2.24, 2.45) is 7.05 Å². The Morgan fingerprint density at radius 3 is 2.76 bits per heavy atom. The molecule has 1 atom stereocenters. The number of carbonyl (C=O) groups is 1. The normalized spacial score (nSPS) is 22.0. The highest BCUT2D eigenvalue weighted by molar-refractivity contribution is 6.06. The summed E-state index contributed by atoms with van der Waals surface area (Å²) in [5.74, 6) is 0.0235. The highest BCUT2D eigenvalue weighted by atomic mass is 16.7. The molecule has 25 heavy (non-hydrogen) atoms. The van der Waals surface area contributed by atoms with Crippen molar-refractivity contribution in [3.63, 3.8) is 0 Å². The van der Waals surface area contributed by atoms with E-state index in [9.17, 15) is 4.79 Å². The lowest BCUT2D eigenvalue weighted by Crippen LogP contribution is -2.50. The van der Waals surface area contributed by atoms with Gasteiger partial charge in [0.1, 0.15) is 0 Å². The smallest absolute Gasteiger partial charge is 0.255 e. The number of rotatable bonds is 2. The molecular formula is C18H24N4O3. The average Bonchev–Trinajstić information content (AvgIpc) is 3.23. The second-order valence-corrected chi connectivity index (χ2v) is 6.89. The molecule has 134 valence electrons. The molecule has 2 aromatic rings. The van der Waals surface area contributed by atoms with Gasteiger partial charge in [0.2, 0.25) is 0 Å². The first kappa shape index (κ1) is 16.5. The number of fused-ring (bicyclic) bond motifs is 1. The van der Waals surface area contributed by atoms with Crippen molar-refractivity contribution in [2.75, 3.05) is 19.8 Å². The van der Waals surface area contributed by atoms with Crippen LogP contribution in [0.1, 0.15) is 41.0 Å². The molecule has 7 nitrogen and oxygen atoms in total. The third-order valence-corrected chi connectivity index (χ3v) is 5.10. The lowest BCUT2D eigenvalue weighted by Gasteiger charge is -2.38. The highest BCUT2D eigenvalue weighted by Gasteiger charge is 2.37. The summed E-state index contributed by atoms with van der Waals surface area (Å²) in [6, 6.07) is 1.85. The minimum Gasteiger partial charge on any atom is -0.348 e. The van der Waals surface area contributed by atoms with Gasteiger partial charge in [-0.1, -0.05) is 0 Å². The molecule has 0 aliphatic carbocycles. The number of aromatic nitrogens is 3. The monoisotopic (exact) mass is 344 g/mol. The Bertz CT molecular complexity index is 810. The van der Waals surface area contributed by atoms with E-state index >= 15 is 0 Å². The van der Waals surface area contributed by atoms with Gasteiger partial charge in [-0.25, -0.2) is 4.98 Å². The molecule has 0 bridgehead atoms. The molecule has 2 aromatic heterocycles. The van der Waals surface area contributed by atoms with Crippen molar-refractivity contribution in [3.8, 4) is 0 Å². The number of pyridine rings is 1. The summed E-state index contributed by atoms with van der Waals surface area (Å²) < 4.78 is 13.1. The summed E-state index contributed by atoms with van der Waals surface area (Å²) in [6.07, 6.45) is 2.70. The van der Waals surface area contributed by atoms with Crippen LogP contribution < -0.4 is 0 Å². The van der Waals surface area contributed by atoms with Gasteiger partial charge in [0.05, 0.1) is 35.9 Å². The van der Waals surface area contributed by atoms with Gasteiger partial charge < -0.3 is 14.4 Å². The van der Waals surface area contributed by atoms with Crippen molar-refractivity contribution >= 4 is 16.9 Å². The zero-order chi connectivity index (χ0) is 17.6. The van der Waals surface area contributed by atoms with E-state index in [2.05, 4.69) is 10.1 Å². The van der Waals surface area contributed by atoms with Gasteiger partial charge in [-0.05, 0) is 39.2 Å². The molecule has 7 heteroatoms. The van der Waals surface area contributed by atoms with E-state index < -0.39 is 0 Å². The van der Waals surface area contributed by atoms with Crippen molar-refractivity contribution < 1.29 is 14.3 Å². The standard InChI is InChI=1S/C18H24N4O3/c1-11-10-13(15-12(2)20-21(3)16(15)19-11)17(23)22-7-5-4-6-14(22)18-24-8-9-25-18/h10,14,18H,4-9H2,1-3H3/t14-/m1/s1. The number of amides is 1. The Morgan fingerprint density at radius 1 is 1.24 bits per heavy atom. The zero-order valence-corrected chi connectivity index (χ0v) is 15.0. The summed E-state index contributed by atoms with van der Waals surface area (Å²) in [5.41, 5.74) is 3.08. The molecule has 4 heterocycles. The molecule has 0 aromatic carbocycles. The molecule has 2 aliphatic rings. The number of hydrogen-bond donors (Lipinski definition) is 0. The zero-order valence-electron chi connectivity index (χ0n) is 15.0. The molecule has 2 aliphatic heterocycles. The number of aryl methyl sites for hydroxylation is 3. The SMILES string of the molecule is Cc1cc(C(=O)N2CCCC[C@@H]2C2OCCO2)c2c(C)nn(C)c2n1.